The van der Waals surface area contributed by atoms with Gasteiger partial charge in [0.15, 0.2) is 0 Å². The molecule has 0 bridgehead atoms. The van der Waals surface area contributed by atoms with Gasteiger partial charge in [0.1, 0.15) is 0 Å². The van der Waals surface area contributed by atoms with Crippen molar-refractivity contribution >= 4 is 0 Å². The van der Waals surface area contributed by atoms with Crippen LogP contribution in [0.2, 0.25) is 0 Å². The van der Waals surface area contributed by atoms with E-state index in [1.807, 2.05) is 27.7 Å². The van der Waals surface area contributed by atoms with E-state index >= 15 is 0 Å². The summed E-state index contributed by atoms with van der Waals surface area (Å²) in [6, 6.07) is 0. The van der Waals surface area contributed by atoms with Crippen LogP contribution in [-0.4, -0.2) is 25.3 Å². The third-order valence-electron chi connectivity index (χ3n) is 4.59. The minimum absolute atomic E-state index is 0.0608. The average molecular weight is 449 g/mol. The van der Waals surface area contributed by atoms with E-state index in [9.17, 15) is 22.0 Å². The molecule has 186 valence electrons. The van der Waals surface area contributed by atoms with Crippen molar-refractivity contribution in [2.45, 2.75) is 143 Å². The minimum Gasteiger partial charge on any atom is -0.381 e. The second-order valence-electron chi connectivity index (χ2n) is 7.16. The molecule has 0 radical (unpaired) electrons. The molecule has 0 saturated carbocycles. The Hall–Kier alpha value is -0.390. The highest BCUT2D eigenvalue weighted by Crippen LogP contribution is 2.39. The number of ether oxygens (including phenoxy) is 1. The molecule has 0 fully saturated rings. The molecule has 0 heterocycles. The molecule has 0 unspecified atom stereocenters. The highest BCUT2D eigenvalue weighted by atomic mass is 19.4. The molecular formula is C24H49F5O. The highest BCUT2D eigenvalue weighted by Gasteiger charge is 2.56. The molecule has 0 aliphatic carbocycles. The van der Waals surface area contributed by atoms with E-state index in [1.165, 1.54) is 38.5 Å². The van der Waals surface area contributed by atoms with Gasteiger partial charge in [-0.3, -0.25) is 0 Å². The zero-order valence-electron chi connectivity index (χ0n) is 20.3. The van der Waals surface area contributed by atoms with Crippen molar-refractivity contribution in [3.8, 4) is 0 Å². The zero-order valence-corrected chi connectivity index (χ0v) is 20.3. The lowest BCUT2D eigenvalue weighted by Crippen LogP contribution is -2.36. The summed E-state index contributed by atoms with van der Waals surface area (Å²) in [5, 5.41) is 0. The first-order chi connectivity index (χ1) is 14.3. The van der Waals surface area contributed by atoms with Crippen molar-refractivity contribution < 1.29 is 26.7 Å². The van der Waals surface area contributed by atoms with Gasteiger partial charge in [0.2, 0.25) is 0 Å². The standard InChI is InChI=1S/C20H37F5O.2C2H6/c1-2-3-17-26-18-15-13-11-9-7-5-4-6-8-10-12-14-16-19(21,22)20(23,24)25;2*1-2/h2-18H2,1H3;2*1-2H3. The maximum Gasteiger partial charge on any atom is 0.453 e. The Bertz CT molecular complexity index is 306. The SMILES string of the molecule is CC.CC.CCCCOCCCCCCCCCCCCCCC(F)(F)C(F)(F)F. The second kappa shape index (κ2) is 24.9. The van der Waals surface area contributed by atoms with Gasteiger partial charge in [-0.25, -0.2) is 0 Å². The lowest BCUT2D eigenvalue weighted by Gasteiger charge is -2.19. The second-order valence-corrected chi connectivity index (χ2v) is 7.16. The van der Waals surface area contributed by atoms with Crippen molar-refractivity contribution in [1.29, 1.82) is 0 Å². The van der Waals surface area contributed by atoms with Crippen LogP contribution in [0.15, 0.2) is 0 Å². The van der Waals surface area contributed by atoms with Crippen molar-refractivity contribution in [3.63, 3.8) is 0 Å². The van der Waals surface area contributed by atoms with E-state index in [1.54, 1.807) is 0 Å². The number of unbranched alkanes of at least 4 members (excludes halogenated alkanes) is 12. The van der Waals surface area contributed by atoms with E-state index in [-0.39, 0.29) is 6.42 Å². The van der Waals surface area contributed by atoms with Crippen molar-refractivity contribution in [1.82, 2.24) is 0 Å². The Kier molecular flexibility index (Phi) is 28.4. The van der Waals surface area contributed by atoms with Crippen LogP contribution in [0.3, 0.4) is 0 Å². The fourth-order valence-electron chi connectivity index (χ4n) is 2.81. The first-order valence-corrected chi connectivity index (χ1v) is 12.3. The summed E-state index contributed by atoms with van der Waals surface area (Å²) in [4.78, 5) is 0. The molecule has 1 nitrogen and oxygen atoms in total. The molecule has 0 aliphatic heterocycles. The van der Waals surface area contributed by atoms with Crippen LogP contribution in [-0.2, 0) is 4.74 Å². The van der Waals surface area contributed by atoms with E-state index in [0.717, 1.165) is 51.7 Å². The van der Waals surface area contributed by atoms with Crippen molar-refractivity contribution in [2.75, 3.05) is 13.2 Å². The third kappa shape index (κ3) is 23.9. The maximum atomic E-state index is 12.7. The third-order valence-corrected chi connectivity index (χ3v) is 4.59. The van der Waals surface area contributed by atoms with Gasteiger partial charge >= 0.3 is 12.1 Å². The number of hydrogen-bond donors (Lipinski definition) is 0. The zero-order chi connectivity index (χ0) is 23.7. The van der Waals surface area contributed by atoms with Gasteiger partial charge < -0.3 is 4.74 Å². The number of halogens is 5. The van der Waals surface area contributed by atoms with Crippen LogP contribution in [0.25, 0.3) is 0 Å². The Morgan fingerprint density at radius 3 is 1.20 bits per heavy atom. The fraction of sp³-hybridized carbons (Fsp3) is 1.00. The van der Waals surface area contributed by atoms with Gasteiger partial charge in [-0.15, -0.1) is 0 Å². The topological polar surface area (TPSA) is 9.23 Å². The predicted molar refractivity (Wildman–Crippen MR) is 119 cm³/mol. The summed E-state index contributed by atoms with van der Waals surface area (Å²) in [5.74, 6) is -4.53. The molecule has 0 N–H and O–H groups in total. The Morgan fingerprint density at radius 1 is 0.500 bits per heavy atom. The van der Waals surface area contributed by atoms with E-state index in [0.29, 0.717) is 6.42 Å². The summed E-state index contributed by atoms with van der Waals surface area (Å²) in [5.41, 5.74) is 0. The normalized spacial score (nSPS) is 11.4. The molecule has 0 rings (SSSR count). The Morgan fingerprint density at radius 2 is 0.833 bits per heavy atom. The molecule has 30 heavy (non-hydrogen) atoms. The molecule has 0 aromatic carbocycles. The summed E-state index contributed by atoms with van der Waals surface area (Å²) >= 11 is 0. The quantitative estimate of drug-likeness (QED) is 0.150. The molecule has 0 saturated heterocycles. The largest absolute Gasteiger partial charge is 0.453 e. The smallest absolute Gasteiger partial charge is 0.381 e. The lowest BCUT2D eigenvalue weighted by atomic mass is 10.0. The number of rotatable bonds is 18. The summed E-state index contributed by atoms with van der Waals surface area (Å²) in [7, 11) is 0. The molecule has 0 aliphatic rings. The van der Waals surface area contributed by atoms with Gasteiger partial charge in [0.05, 0.1) is 0 Å². The minimum atomic E-state index is -5.41. The van der Waals surface area contributed by atoms with Crippen LogP contribution in [0.4, 0.5) is 22.0 Å². The van der Waals surface area contributed by atoms with E-state index in [2.05, 4.69) is 6.92 Å². The van der Waals surface area contributed by atoms with Crippen molar-refractivity contribution in [3.05, 3.63) is 0 Å². The highest BCUT2D eigenvalue weighted by molar-refractivity contribution is 4.75. The van der Waals surface area contributed by atoms with E-state index < -0.39 is 18.5 Å². The van der Waals surface area contributed by atoms with Crippen molar-refractivity contribution in [2.24, 2.45) is 0 Å². The van der Waals surface area contributed by atoms with Gasteiger partial charge in [-0.2, -0.15) is 22.0 Å². The molecule has 0 aromatic rings. The van der Waals surface area contributed by atoms with Gasteiger partial charge in [0, 0.05) is 19.6 Å². The Labute approximate surface area is 183 Å². The molecular weight excluding hydrogens is 399 g/mol. The number of hydrogen-bond acceptors (Lipinski definition) is 1. The van der Waals surface area contributed by atoms with Gasteiger partial charge in [-0.05, 0) is 19.3 Å². The van der Waals surface area contributed by atoms with Crippen LogP contribution >= 0.6 is 0 Å². The van der Waals surface area contributed by atoms with Crippen LogP contribution in [0, 0.1) is 0 Å². The van der Waals surface area contributed by atoms with Crippen LogP contribution in [0.5, 0.6) is 0 Å². The van der Waals surface area contributed by atoms with Crippen LogP contribution < -0.4 is 0 Å². The Balaban J connectivity index is -0.00000171. The van der Waals surface area contributed by atoms with E-state index in [4.69, 9.17) is 4.74 Å². The first-order valence-electron chi connectivity index (χ1n) is 12.3. The molecule has 0 atom stereocenters. The summed E-state index contributed by atoms with van der Waals surface area (Å²) < 4.78 is 66.9. The number of alkyl halides is 5. The lowest BCUT2D eigenvalue weighted by molar-refractivity contribution is -0.284. The predicted octanol–water partition coefficient (Wildman–Crippen LogP) is 10.1. The molecule has 6 heteroatoms. The summed E-state index contributed by atoms with van der Waals surface area (Å²) in [6.07, 6.45) is 7.27. The van der Waals surface area contributed by atoms with Gasteiger partial charge in [-0.1, -0.05) is 105 Å². The average Bonchev–Trinajstić information content (AvgIpc) is 2.72. The maximum absolute atomic E-state index is 12.7. The molecule has 0 spiro atoms. The monoisotopic (exact) mass is 448 g/mol. The van der Waals surface area contributed by atoms with Crippen LogP contribution in [0.1, 0.15) is 131 Å². The van der Waals surface area contributed by atoms with Gasteiger partial charge in [0.25, 0.3) is 0 Å². The summed E-state index contributed by atoms with van der Waals surface area (Å²) in [6.45, 7) is 11.9. The molecule has 0 amide bonds. The molecule has 0 aromatic heterocycles. The first kappa shape index (κ1) is 34.2. The fourth-order valence-corrected chi connectivity index (χ4v) is 2.81.